The number of halogens is 2. The van der Waals surface area contributed by atoms with Crippen molar-refractivity contribution < 1.29 is 4.79 Å². The molecule has 0 heterocycles. The molecule has 0 aliphatic carbocycles. The summed E-state index contributed by atoms with van der Waals surface area (Å²) >= 11 is 6.81. The second-order valence-electron chi connectivity index (χ2n) is 3.42. The Hall–Kier alpha value is -0.150. The Bertz CT molecular complexity index is 323. The van der Waals surface area contributed by atoms with Gasteiger partial charge < -0.3 is 0 Å². The lowest BCUT2D eigenvalue weighted by Gasteiger charge is -2.03. The van der Waals surface area contributed by atoms with Gasteiger partial charge in [0.05, 0.1) is 0 Å². The van der Waals surface area contributed by atoms with Crippen LogP contribution < -0.4 is 0 Å². The van der Waals surface area contributed by atoms with Crippen LogP contribution in [0.25, 0.3) is 0 Å². The molecule has 0 N–H and O–H groups in total. The zero-order valence-corrected chi connectivity index (χ0v) is 11.7. The van der Waals surface area contributed by atoms with Gasteiger partial charge in [0.15, 0.2) is 0 Å². The average Bonchev–Trinajstić information content (AvgIpc) is 2.25. The van der Waals surface area contributed by atoms with E-state index in [0.717, 1.165) is 22.6 Å². The van der Waals surface area contributed by atoms with Gasteiger partial charge >= 0.3 is 0 Å². The van der Waals surface area contributed by atoms with Gasteiger partial charge in [-0.1, -0.05) is 50.1 Å². The Labute approximate surface area is 108 Å². The minimum Gasteiger partial charge on any atom is -0.300 e. The predicted octanol–water partition coefficient (Wildman–Crippen LogP) is 4.13. The molecule has 0 saturated heterocycles. The molecule has 1 aromatic rings. The molecule has 0 aliphatic rings. The topological polar surface area (TPSA) is 17.1 Å². The Balaban J connectivity index is 2.37. The lowest BCUT2D eigenvalue weighted by Crippen LogP contribution is -2.00. The van der Waals surface area contributed by atoms with Crippen molar-refractivity contribution in [1.82, 2.24) is 0 Å². The molecule has 1 nitrogen and oxygen atoms in total. The highest BCUT2D eigenvalue weighted by molar-refractivity contribution is 9.10. The third-order valence-electron chi connectivity index (χ3n) is 2.22. The molecule has 0 amide bonds. The van der Waals surface area contributed by atoms with E-state index in [9.17, 15) is 4.79 Å². The van der Waals surface area contributed by atoms with Crippen LogP contribution in [0.4, 0.5) is 0 Å². The summed E-state index contributed by atoms with van der Waals surface area (Å²) in [5, 5.41) is 0.910. The van der Waals surface area contributed by atoms with Crippen LogP contribution in [0, 0.1) is 0 Å². The van der Waals surface area contributed by atoms with Gasteiger partial charge in [-0.3, -0.25) is 4.79 Å². The first-order valence-corrected chi connectivity index (χ1v) is 6.96. The number of carbonyl (C=O) groups is 1. The summed E-state index contributed by atoms with van der Waals surface area (Å²) in [7, 11) is 0. The van der Waals surface area contributed by atoms with Gasteiger partial charge in [-0.15, -0.1) is 0 Å². The maximum Gasteiger partial charge on any atom is 0.133 e. The van der Waals surface area contributed by atoms with Crippen molar-refractivity contribution in [3.63, 3.8) is 0 Å². The van der Waals surface area contributed by atoms with E-state index in [1.807, 2.05) is 18.2 Å². The van der Waals surface area contributed by atoms with Crippen molar-refractivity contribution in [3.8, 4) is 0 Å². The van der Waals surface area contributed by atoms with Crippen LogP contribution in [0.2, 0.25) is 0 Å². The third kappa shape index (κ3) is 4.94. The maximum absolute atomic E-state index is 11.5. The van der Waals surface area contributed by atoms with Crippen molar-refractivity contribution >= 4 is 37.6 Å². The number of ketones is 1. The Morgan fingerprint density at radius 3 is 2.60 bits per heavy atom. The van der Waals surface area contributed by atoms with E-state index in [0.29, 0.717) is 18.6 Å². The summed E-state index contributed by atoms with van der Waals surface area (Å²) < 4.78 is 1.10. The van der Waals surface area contributed by atoms with Crippen LogP contribution in [0.15, 0.2) is 28.7 Å². The number of hydrogen-bond donors (Lipinski definition) is 0. The number of Topliss-reactive ketones (excluding diaryl/α,β-unsaturated/α-hetero) is 1. The van der Waals surface area contributed by atoms with Gasteiger partial charge in [-0.05, 0) is 24.5 Å². The largest absolute Gasteiger partial charge is 0.300 e. The molecule has 0 unspecified atom stereocenters. The zero-order chi connectivity index (χ0) is 11.1. The number of benzene rings is 1. The summed E-state index contributed by atoms with van der Waals surface area (Å²) in [6, 6.07) is 8.06. The van der Waals surface area contributed by atoms with Crippen molar-refractivity contribution in [2.24, 2.45) is 0 Å². The normalized spacial score (nSPS) is 10.3. The molecule has 0 spiro atoms. The second kappa shape index (κ2) is 7.18. The summed E-state index contributed by atoms with van der Waals surface area (Å²) in [5.74, 6) is 0.352. The van der Waals surface area contributed by atoms with E-state index < -0.39 is 0 Å². The smallest absolute Gasteiger partial charge is 0.133 e. The van der Waals surface area contributed by atoms with Crippen LogP contribution >= 0.6 is 31.9 Å². The Kier molecular flexibility index (Phi) is 6.18. The first-order valence-electron chi connectivity index (χ1n) is 5.05. The lowest BCUT2D eigenvalue weighted by molar-refractivity contribution is -0.119. The highest BCUT2D eigenvalue weighted by Crippen LogP contribution is 2.17. The third-order valence-corrected chi connectivity index (χ3v) is 3.55. The maximum atomic E-state index is 11.5. The zero-order valence-electron chi connectivity index (χ0n) is 8.51. The molecular formula is C12H14Br2O. The highest BCUT2D eigenvalue weighted by atomic mass is 79.9. The lowest BCUT2D eigenvalue weighted by atomic mass is 10.1. The fourth-order valence-electron chi connectivity index (χ4n) is 1.36. The Morgan fingerprint density at radius 1 is 1.20 bits per heavy atom. The second-order valence-corrected chi connectivity index (χ2v) is 5.07. The molecule has 3 heteroatoms. The molecule has 0 radical (unpaired) electrons. The molecule has 0 aromatic heterocycles. The molecular weight excluding hydrogens is 320 g/mol. The SMILES string of the molecule is O=C(CCCBr)CCc1ccccc1Br. The van der Waals surface area contributed by atoms with Crippen LogP contribution in [0.3, 0.4) is 0 Å². The molecule has 1 aromatic carbocycles. The summed E-state index contributed by atoms with van der Waals surface area (Å²) in [4.78, 5) is 11.5. The van der Waals surface area contributed by atoms with Crippen LogP contribution in [0.1, 0.15) is 24.8 Å². The molecule has 1 rings (SSSR count). The average molecular weight is 334 g/mol. The molecule has 0 bridgehead atoms. The number of hydrogen-bond acceptors (Lipinski definition) is 1. The molecule has 0 atom stereocenters. The predicted molar refractivity (Wildman–Crippen MR) is 70.5 cm³/mol. The summed E-state index contributed by atoms with van der Waals surface area (Å²) in [6.45, 7) is 0. The highest BCUT2D eigenvalue weighted by Gasteiger charge is 2.04. The van der Waals surface area contributed by atoms with Crippen LogP contribution in [0.5, 0.6) is 0 Å². The van der Waals surface area contributed by atoms with E-state index in [1.165, 1.54) is 5.56 Å². The van der Waals surface area contributed by atoms with Crippen molar-refractivity contribution in [2.75, 3.05) is 5.33 Å². The molecule has 15 heavy (non-hydrogen) atoms. The first-order chi connectivity index (χ1) is 7.24. The first kappa shape index (κ1) is 12.9. The summed E-state index contributed by atoms with van der Waals surface area (Å²) in [6.07, 6.45) is 3.11. The molecule has 82 valence electrons. The molecule has 0 fully saturated rings. The quantitative estimate of drug-likeness (QED) is 0.715. The van der Waals surface area contributed by atoms with E-state index in [1.54, 1.807) is 0 Å². The van der Waals surface area contributed by atoms with Crippen LogP contribution in [-0.4, -0.2) is 11.1 Å². The summed E-state index contributed by atoms with van der Waals surface area (Å²) in [5.41, 5.74) is 1.21. The van der Waals surface area contributed by atoms with E-state index in [4.69, 9.17) is 0 Å². The van der Waals surface area contributed by atoms with Gasteiger partial charge in [-0.25, -0.2) is 0 Å². The fourth-order valence-corrected chi connectivity index (χ4v) is 2.13. The Morgan fingerprint density at radius 2 is 1.93 bits per heavy atom. The fraction of sp³-hybridized carbons (Fsp3) is 0.417. The van der Waals surface area contributed by atoms with Crippen molar-refractivity contribution in [3.05, 3.63) is 34.3 Å². The number of carbonyl (C=O) groups excluding carboxylic acids is 1. The van der Waals surface area contributed by atoms with Gasteiger partial charge in [0.2, 0.25) is 0 Å². The minimum atomic E-state index is 0.352. The van der Waals surface area contributed by atoms with Gasteiger partial charge in [0.25, 0.3) is 0 Å². The van der Waals surface area contributed by atoms with E-state index >= 15 is 0 Å². The van der Waals surface area contributed by atoms with Crippen LogP contribution in [-0.2, 0) is 11.2 Å². The van der Waals surface area contributed by atoms with Crippen molar-refractivity contribution in [2.45, 2.75) is 25.7 Å². The van der Waals surface area contributed by atoms with E-state index in [2.05, 4.69) is 37.9 Å². The van der Waals surface area contributed by atoms with E-state index in [-0.39, 0.29) is 0 Å². The number of alkyl halides is 1. The number of rotatable bonds is 6. The molecule has 0 aliphatic heterocycles. The monoisotopic (exact) mass is 332 g/mol. The van der Waals surface area contributed by atoms with Gasteiger partial charge in [-0.2, -0.15) is 0 Å². The number of aryl methyl sites for hydroxylation is 1. The van der Waals surface area contributed by atoms with Gasteiger partial charge in [0, 0.05) is 22.6 Å². The molecule has 0 saturated carbocycles. The van der Waals surface area contributed by atoms with Gasteiger partial charge in [0.1, 0.15) is 5.78 Å². The minimum absolute atomic E-state index is 0.352. The standard InChI is InChI=1S/C12H14Br2O/c13-9-3-5-11(15)8-7-10-4-1-2-6-12(10)14/h1-2,4,6H,3,5,7-9H2. The van der Waals surface area contributed by atoms with Crippen molar-refractivity contribution in [1.29, 1.82) is 0 Å².